The third kappa shape index (κ3) is 2.46. The smallest absolute Gasteiger partial charge is 0.0994 e. The van der Waals surface area contributed by atoms with Gasteiger partial charge in [-0.2, -0.15) is 0 Å². The molecule has 0 spiro atoms. The average molecular weight is 270 g/mol. The van der Waals surface area contributed by atoms with E-state index >= 15 is 0 Å². The summed E-state index contributed by atoms with van der Waals surface area (Å²) in [5, 5.41) is 7.64. The summed E-state index contributed by atoms with van der Waals surface area (Å²) in [5.41, 5.74) is 0. The molecule has 0 aromatic carbocycles. The third-order valence-corrected chi connectivity index (χ3v) is 9.75. The second kappa shape index (κ2) is 5.26. The lowest BCUT2D eigenvalue weighted by atomic mass is 10.00. The van der Waals surface area contributed by atoms with Crippen molar-refractivity contribution in [1.29, 1.82) is 5.41 Å². The average Bonchev–Trinajstić information content (AvgIpc) is 2.41. The van der Waals surface area contributed by atoms with Crippen LogP contribution in [0.5, 0.6) is 0 Å². The molecule has 1 N–H and O–H groups in total. The predicted molar refractivity (Wildman–Crippen MR) is 78.0 cm³/mol. The first-order chi connectivity index (χ1) is 8.57. The highest BCUT2D eigenvalue weighted by Crippen LogP contribution is 2.46. The number of hydrogen-bond donors (Lipinski definition) is 1. The molecule has 0 amide bonds. The van der Waals surface area contributed by atoms with Gasteiger partial charge in [-0.1, -0.05) is 38.5 Å². The summed E-state index contributed by atoms with van der Waals surface area (Å²) < 4.78 is 18.0. The van der Waals surface area contributed by atoms with Crippen LogP contribution in [-0.4, -0.2) is 27.0 Å². The number of nitrogens with zero attached hydrogens (tertiary/aromatic N) is 1. The van der Waals surface area contributed by atoms with E-state index in [-0.39, 0.29) is 10.5 Å². The van der Waals surface area contributed by atoms with Gasteiger partial charge in [0.15, 0.2) is 0 Å². The van der Waals surface area contributed by atoms with Crippen LogP contribution in [-0.2, 0) is 9.25 Å². The summed E-state index contributed by atoms with van der Waals surface area (Å²) in [6.07, 6.45) is 13.2. The second-order valence-corrected chi connectivity index (χ2v) is 10.5. The predicted octanol–water partition coefficient (Wildman–Crippen LogP) is 3.77. The summed E-state index contributed by atoms with van der Waals surface area (Å²) in [5.74, 6) is 0. The fourth-order valence-corrected chi connectivity index (χ4v) is 7.85. The van der Waals surface area contributed by atoms with E-state index in [1.165, 1.54) is 38.5 Å². The maximum Gasteiger partial charge on any atom is 0.0994 e. The van der Waals surface area contributed by atoms with Gasteiger partial charge in [0.05, 0.1) is 6.01 Å². The molecule has 0 heterocycles. The summed E-state index contributed by atoms with van der Waals surface area (Å²) in [6.45, 7) is 0. The molecule has 0 radical (unpaired) electrons. The maximum absolute atomic E-state index is 13.7. The minimum absolute atomic E-state index is 0.205. The van der Waals surface area contributed by atoms with Crippen molar-refractivity contribution in [3.63, 3.8) is 0 Å². The van der Waals surface area contributed by atoms with Crippen LogP contribution in [0.15, 0.2) is 4.40 Å². The van der Waals surface area contributed by atoms with Crippen LogP contribution in [0.1, 0.15) is 64.2 Å². The van der Waals surface area contributed by atoms with Crippen LogP contribution < -0.4 is 0 Å². The molecule has 0 saturated heterocycles. The molecule has 3 nitrogen and oxygen atoms in total. The fraction of sp³-hybridized carbons (Fsp3) is 0.929. The van der Waals surface area contributed by atoms with Crippen molar-refractivity contribution in [3.05, 3.63) is 0 Å². The first kappa shape index (κ1) is 14.0. The second-order valence-electron chi connectivity index (χ2n) is 6.16. The lowest BCUT2D eigenvalue weighted by Gasteiger charge is -2.49. The molecule has 2 aliphatic rings. The molecule has 18 heavy (non-hydrogen) atoms. The highest BCUT2D eigenvalue weighted by molar-refractivity contribution is 8.19. The molecule has 104 valence electrons. The van der Waals surface area contributed by atoms with E-state index in [0.29, 0.717) is 0 Å². The van der Waals surface area contributed by atoms with E-state index in [2.05, 4.69) is 10.4 Å². The van der Waals surface area contributed by atoms with Crippen molar-refractivity contribution in [2.45, 2.75) is 74.7 Å². The van der Waals surface area contributed by atoms with Gasteiger partial charge >= 0.3 is 0 Å². The van der Waals surface area contributed by atoms with Crippen LogP contribution in [0, 0.1) is 5.41 Å². The lowest BCUT2D eigenvalue weighted by molar-refractivity contribution is 0.461. The Hall–Kier alpha value is -0.470. The fourth-order valence-electron chi connectivity index (χ4n) is 3.82. The van der Waals surface area contributed by atoms with Gasteiger partial charge in [-0.15, -0.1) is 4.40 Å². The Kier molecular flexibility index (Phi) is 4.08. The van der Waals surface area contributed by atoms with E-state index in [1.54, 1.807) is 0 Å². The van der Waals surface area contributed by atoms with Crippen molar-refractivity contribution in [2.75, 3.05) is 6.26 Å². The molecular weight excluding hydrogens is 244 g/mol. The van der Waals surface area contributed by atoms with Gasteiger partial charge in [-0.05, 0) is 34.9 Å². The molecule has 0 aromatic heterocycles. The Labute approximate surface area is 110 Å². The highest BCUT2D eigenvalue weighted by atomic mass is 32.3. The topological polar surface area (TPSA) is 53.3 Å². The highest BCUT2D eigenvalue weighted by Gasteiger charge is 2.47. The van der Waals surface area contributed by atoms with E-state index < -0.39 is 9.25 Å². The van der Waals surface area contributed by atoms with E-state index in [4.69, 9.17) is 5.41 Å². The van der Waals surface area contributed by atoms with Gasteiger partial charge < -0.3 is 0 Å². The maximum atomic E-state index is 13.7. The summed E-state index contributed by atoms with van der Waals surface area (Å²) in [6, 6.07) is 2.15. The van der Waals surface area contributed by atoms with Crippen LogP contribution in [0.3, 0.4) is 0 Å². The zero-order chi connectivity index (χ0) is 13.1. The lowest BCUT2D eigenvalue weighted by Crippen LogP contribution is -2.52. The monoisotopic (exact) mass is 270 g/mol. The van der Waals surface area contributed by atoms with Crippen molar-refractivity contribution in [3.8, 4) is 0 Å². The molecular formula is C14H26N2OS. The summed E-state index contributed by atoms with van der Waals surface area (Å²) in [7, 11) is -3.07. The minimum atomic E-state index is -3.07. The minimum Gasteiger partial charge on any atom is -0.261 e. The Morgan fingerprint density at radius 2 is 1.33 bits per heavy atom. The largest absolute Gasteiger partial charge is 0.261 e. The molecule has 4 heteroatoms. The molecule has 0 bridgehead atoms. The number of nitrogens with one attached hydrogen (secondary N) is 1. The van der Waals surface area contributed by atoms with Crippen LogP contribution in [0.25, 0.3) is 0 Å². The van der Waals surface area contributed by atoms with Crippen molar-refractivity contribution >= 4 is 15.3 Å². The normalized spacial score (nSPS) is 25.9. The third-order valence-electron chi connectivity index (χ3n) is 5.01. The van der Waals surface area contributed by atoms with Crippen LogP contribution in [0.2, 0.25) is 0 Å². The molecule has 0 aromatic rings. The zero-order valence-corrected chi connectivity index (χ0v) is 12.3. The first-order valence-corrected chi connectivity index (χ1v) is 9.79. The zero-order valence-electron chi connectivity index (χ0n) is 11.5. The SMILES string of the molecule is CS(=O)(N=C=N)(C1CCCCC1)C1CCCCC1. The Morgan fingerprint density at radius 3 is 1.67 bits per heavy atom. The Balaban J connectivity index is 2.32. The Morgan fingerprint density at radius 1 is 0.944 bits per heavy atom. The number of hydrogen-bond acceptors (Lipinski definition) is 2. The van der Waals surface area contributed by atoms with Gasteiger partial charge in [-0.25, -0.2) is 5.41 Å². The number of rotatable bonds is 3. The quantitative estimate of drug-likeness (QED) is 0.780. The molecule has 0 atom stereocenters. The van der Waals surface area contributed by atoms with Crippen LogP contribution in [0.4, 0.5) is 0 Å². The molecule has 0 unspecified atom stereocenters. The van der Waals surface area contributed by atoms with Gasteiger partial charge in [0, 0.05) is 16.8 Å². The standard InChI is InChI=1S/C14H26N2OS/c1-18(17,16-12-15,13-8-4-2-5-9-13)14-10-6-3-7-11-14/h13-15H,2-11H2,1H3. The van der Waals surface area contributed by atoms with Crippen molar-refractivity contribution in [2.24, 2.45) is 4.40 Å². The van der Waals surface area contributed by atoms with Gasteiger partial charge in [0.1, 0.15) is 0 Å². The Bertz CT molecular complexity index is 378. The van der Waals surface area contributed by atoms with Crippen molar-refractivity contribution in [1.82, 2.24) is 0 Å². The van der Waals surface area contributed by atoms with Crippen molar-refractivity contribution < 1.29 is 4.21 Å². The summed E-state index contributed by atoms with van der Waals surface area (Å²) >= 11 is 0. The van der Waals surface area contributed by atoms with Gasteiger partial charge in [0.25, 0.3) is 0 Å². The first-order valence-electron chi connectivity index (χ1n) is 7.34. The molecule has 0 aliphatic heterocycles. The molecule has 2 aliphatic carbocycles. The molecule has 2 saturated carbocycles. The van der Waals surface area contributed by atoms with E-state index in [1.807, 2.05) is 6.26 Å². The van der Waals surface area contributed by atoms with Crippen LogP contribution >= 0.6 is 0 Å². The van der Waals surface area contributed by atoms with Gasteiger partial charge in [-0.3, -0.25) is 4.21 Å². The summed E-state index contributed by atoms with van der Waals surface area (Å²) in [4.78, 5) is 0. The molecule has 2 fully saturated rings. The van der Waals surface area contributed by atoms with E-state index in [9.17, 15) is 4.21 Å². The molecule has 2 rings (SSSR count). The van der Waals surface area contributed by atoms with E-state index in [0.717, 1.165) is 25.7 Å². The van der Waals surface area contributed by atoms with Gasteiger partial charge in [0.2, 0.25) is 0 Å².